The van der Waals surface area contributed by atoms with Gasteiger partial charge in [0.25, 0.3) is 5.56 Å². The van der Waals surface area contributed by atoms with Crippen molar-refractivity contribution in [2.75, 3.05) is 5.75 Å². The van der Waals surface area contributed by atoms with E-state index in [-0.39, 0.29) is 17.1 Å². The molecule has 1 aromatic heterocycles. The lowest BCUT2D eigenvalue weighted by Gasteiger charge is -2.08. The number of rotatable bonds is 5. The van der Waals surface area contributed by atoms with Gasteiger partial charge >= 0.3 is 0 Å². The molecule has 3 aromatic rings. The van der Waals surface area contributed by atoms with Gasteiger partial charge in [-0.15, -0.1) is 0 Å². The van der Waals surface area contributed by atoms with Crippen LogP contribution in [0.2, 0.25) is 0 Å². The van der Waals surface area contributed by atoms with Gasteiger partial charge in [0, 0.05) is 28.1 Å². The highest BCUT2D eigenvalue weighted by Crippen LogP contribution is 2.16. The molecule has 1 heterocycles. The Kier molecular flexibility index (Phi) is 5.50. The summed E-state index contributed by atoms with van der Waals surface area (Å²) in [5, 5.41) is 0.314. The van der Waals surface area contributed by atoms with Crippen LogP contribution in [-0.4, -0.2) is 21.1 Å². The van der Waals surface area contributed by atoms with E-state index in [9.17, 15) is 9.59 Å². The first-order chi connectivity index (χ1) is 12.0. The van der Waals surface area contributed by atoms with Gasteiger partial charge in [-0.1, -0.05) is 52.0 Å². The second-order valence-electron chi connectivity index (χ2n) is 5.47. The van der Waals surface area contributed by atoms with Crippen LogP contribution in [0.15, 0.2) is 75.2 Å². The summed E-state index contributed by atoms with van der Waals surface area (Å²) >= 11 is 4.51. The molecule has 0 fully saturated rings. The summed E-state index contributed by atoms with van der Waals surface area (Å²) in [7, 11) is 0. The van der Waals surface area contributed by atoms with E-state index in [1.807, 2.05) is 43.3 Å². The molecule has 0 aliphatic carbocycles. The Bertz CT molecular complexity index is 968. The van der Waals surface area contributed by atoms with E-state index in [2.05, 4.69) is 20.9 Å². The lowest BCUT2D eigenvalue weighted by molar-refractivity contribution is 0.102. The van der Waals surface area contributed by atoms with Crippen molar-refractivity contribution < 1.29 is 4.79 Å². The Morgan fingerprint density at radius 2 is 1.96 bits per heavy atom. The number of ketones is 1. The molecule has 0 N–H and O–H groups in total. The highest BCUT2D eigenvalue weighted by atomic mass is 79.9. The molecule has 4 nitrogen and oxygen atoms in total. The Hall–Kier alpha value is -2.18. The number of aromatic nitrogens is 2. The lowest BCUT2D eigenvalue weighted by atomic mass is 10.2. The normalized spacial score (nSPS) is 10.6. The Labute approximate surface area is 158 Å². The fraction of sp³-hybridized carbons (Fsp3) is 0.105. The second kappa shape index (κ2) is 7.80. The molecule has 0 bridgehead atoms. The molecule has 0 saturated carbocycles. The van der Waals surface area contributed by atoms with E-state index in [4.69, 9.17) is 0 Å². The third-order valence-electron chi connectivity index (χ3n) is 3.60. The van der Waals surface area contributed by atoms with Crippen molar-refractivity contribution in [3.05, 3.63) is 86.9 Å². The van der Waals surface area contributed by atoms with Crippen molar-refractivity contribution >= 4 is 33.5 Å². The fourth-order valence-electron chi connectivity index (χ4n) is 2.33. The summed E-state index contributed by atoms with van der Waals surface area (Å²) in [6, 6.07) is 14.8. The number of carbonyl (C=O) groups is 1. The van der Waals surface area contributed by atoms with Crippen LogP contribution >= 0.6 is 27.7 Å². The van der Waals surface area contributed by atoms with Crippen LogP contribution < -0.4 is 5.56 Å². The Morgan fingerprint density at radius 1 is 1.20 bits per heavy atom. The smallest absolute Gasteiger partial charge is 0.287 e. The van der Waals surface area contributed by atoms with Gasteiger partial charge in [-0.05, 0) is 36.8 Å². The van der Waals surface area contributed by atoms with E-state index in [1.54, 1.807) is 29.1 Å². The predicted octanol–water partition coefficient (Wildman–Crippen LogP) is 4.28. The third kappa shape index (κ3) is 4.27. The summed E-state index contributed by atoms with van der Waals surface area (Å²) in [6.07, 6.45) is 3.22. The number of carbonyl (C=O) groups excluding carboxylic acids is 1. The van der Waals surface area contributed by atoms with Crippen molar-refractivity contribution in [3.8, 4) is 5.69 Å². The number of benzene rings is 2. The Balaban J connectivity index is 1.80. The molecule has 0 saturated heterocycles. The molecule has 6 heteroatoms. The molecule has 0 spiro atoms. The van der Waals surface area contributed by atoms with E-state index < -0.39 is 0 Å². The molecular formula is C19H15BrN2O2S. The van der Waals surface area contributed by atoms with E-state index in [0.29, 0.717) is 10.6 Å². The van der Waals surface area contributed by atoms with Gasteiger partial charge in [-0.25, -0.2) is 4.98 Å². The minimum absolute atomic E-state index is 0.0374. The number of hydrogen-bond acceptors (Lipinski definition) is 4. The highest BCUT2D eigenvalue weighted by molar-refractivity contribution is 9.10. The van der Waals surface area contributed by atoms with Gasteiger partial charge < -0.3 is 0 Å². The summed E-state index contributed by atoms with van der Waals surface area (Å²) < 4.78 is 2.47. The van der Waals surface area contributed by atoms with Crippen LogP contribution in [0, 0.1) is 6.92 Å². The molecular weight excluding hydrogens is 400 g/mol. The molecule has 0 aliphatic heterocycles. The largest absolute Gasteiger partial charge is 0.293 e. The molecule has 0 atom stereocenters. The standard InChI is InChI=1S/C19H15BrN2O2S/c1-13-3-2-4-16(11-13)22-10-9-21-18(19(22)24)25-12-17(23)14-5-7-15(20)8-6-14/h2-11H,12H2,1H3. The maximum atomic E-state index is 12.6. The van der Waals surface area contributed by atoms with Gasteiger partial charge in [0.1, 0.15) is 0 Å². The first-order valence-corrected chi connectivity index (χ1v) is 9.39. The number of halogens is 1. The summed E-state index contributed by atoms with van der Waals surface area (Å²) in [5.74, 6) is 0.131. The monoisotopic (exact) mass is 414 g/mol. The van der Waals surface area contributed by atoms with Crippen LogP contribution in [-0.2, 0) is 0 Å². The molecule has 126 valence electrons. The summed E-state index contributed by atoms with van der Waals surface area (Å²) in [4.78, 5) is 29.0. The van der Waals surface area contributed by atoms with Gasteiger partial charge in [0.15, 0.2) is 10.8 Å². The zero-order valence-corrected chi connectivity index (χ0v) is 15.9. The highest BCUT2D eigenvalue weighted by Gasteiger charge is 2.11. The van der Waals surface area contributed by atoms with Gasteiger partial charge in [-0.3, -0.25) is 14.2 Å². The van der Waals surface area contributed by atoms with Crippen LogP contribution in [0.1, 0.15) is 15.9 Å². The number of Topliss-reactive ketones (excluding diaryl/α,β-unsaturated/α-hetero) is 1. The molecule has 0 aliphatic rings. The van der Waals surface area contributed by atoms with Crippen LogP contribution in [0.25, 0.3) is 5.69 Å². The molecule has 0 radical (unpaired) electrons. The first-order valence-electron chi connectivity index (χ1n) is 7.61. The van der Waals surface area contributed by atoms with E-state index in [0.717, 1.165) is 27.5 Å². The van der Waals surface area contributed by atoms with Crippen LogP contribution in [0.4, 0.5) is 0 Å². The van der Waals surface area contributed by atoms with E-state index in [1.165, 1.54) is 0 Å². The van der Waals surface area contributed by atoms with Crippen molar-refractivity contribution in [1.29, 1.82) is 0 Å². The first kappa shape index (κ1) is 17.6. The lowest BCUT2D eigenvalue weighted by Crippen LogP contribution is -2.21. The average Bonchev–Trinajstić information content (AvgIpc) is 2.61. The maximum absolute atomic E-state index is 12.6. The van der Waals surface area contributed by atoms with Crippen molar-refractivity contribution in [1.82, 2.24) is 9.55 Å². The van der Waals surface area contributed by atoms with Crippen molar-refractivity contribution in [2.24, 2.45) is 0 Å². The molecule has 0 amide bonds. The van der Waals surface area contributed by atoms with Gasteiger partial charge in [0.05, 0.1) is 5.75 Å². The van der Waals surface area contributed by atoms with Crippen LogP contribution in [0.3, 0.4) is 0 Å². The molecule has 25 heavy (non-hydrogen) atoms. The minimum Gasteiger partial charge on any atom is -0.293 e. The minimum atomic E-state index is -0.221. The average molecular weight is 415 g/mol. The second-order valence-corrected chi connectivity index (χ2v) is 7.35. The molecule has 3 rings (SSSR count). The Morgan fingerprint density at radius 3 is 2.68 bits per heavy atom. The summed E-state index contributed by atoms with van der Waals surface area (Å²) in [5.41, 5.74) is 2.25. The van der Waals surface area contributed by atoms with Crippen molar-refractivity contribution in [2.45, 2.75) is 11.9 Å². The van der Waals surface area contributed by atoms with Gasteiger partial charge in [-0.2, -0.15) is 0 Å². The number of hydrogen-bond donors (Lipinski definition) is 0. The predicted molar refractivity (Wildman–Crippen MR) is 104 cm³/mol. The zero-order chi connectivity index (χ0) is 17.8. The summed E-state index contributed by atoms with van der Waals surface area (Å²) in [6.45, 7) is 1.97. The molecule has 2 aromatic carbocycles. The van der Waals surface area contributed by atoms with Gasteiger partial charge in [0.2, 0.25) is 0 Å². The topological polar surface area (TPSA) is 52.0 Å². The fourth-order valence-corrected chi connectivity index (χ4v) is 3.38. The number of thioether (sulfide) groups is 1. The SMILES string of the molecule is Cc1cccc(-n2ccnc(SCC(=O)c3ccc(Br)cc3)c2=O)c1. The number of aryl methyl sites for hydroxylation is 1. The maximum Gasteiger partial charge on any atom is 0.287 e. The van der Waals surface area contributed by atoms with Crippen molar-refractivity contribution in [3.63, 3.8) is 0 Å². The van der Waals surface area contributed by atoms with E-state index >= 15 is 0 Å². The third-order valence-corrected chi connectivity index (χ3v) is 5.08. The zero-order valence-electron chi connectivity index (χ0n) is 13.5. The molecule has 0 unspecified atom stereocenters. The van der Waals surface area contributed by atoms with Crippen LogP contribution in [0.5, 0.6) is 0 Å². The number of nitrogens with zero attached hydrogens (tertiary/aromatic N) is 2. The quantitative estimate of drug-likeness (QED) is 0.461.